The van der Waals surface area contributed by atoms with E-state index in [9.17, 15) is 0 Å². The van der Waals surface area contributed by atoms with Gasteiger partial charge in [-0.3, -0.25) is 19.6 Å². The van der Waals surface area contributed by atoms with Crippen LogP contribution in [-0.2, 0) is 19.3 Å². The fourth-order valence-corrected chi connectivity index (χ4v) is 8.24. The second kappa shape index (κ2) is 16.3. The van der Waals surface area contributed by atoms with Crippen molar-refractivity contribution in [3.8, 4) is 0 Å². The molecule has 5 nitrogen and oxygen atoms in total. The highest BCUT2D eigenvalue weighted by Gasteiger charge is 2.36. The molecule has 0 saturated carbocycles. The van der Waals surface area contributed by atoms with Crippen molar-refractivity contribution in [2.45, 2.75) is 70.1 Å². The summed E-state index contributed by atoms with van der Waals surface area (Å²) >= 11 is 0. The number of nitrogens with one attached hydrogen (secondary N) is 1. The van der Waals surface area contributed by atoms with Crippen LogP contribution in [-0.4, -0.2) is 109 Å². The summed E-state index contributed by atoms with van der Waals surface area (Å²) in [4.78, 5) is 11.4. The van der Waals surface area contributed by atoms with E-state index >= 15 is 0 Å². The third-order valence-electron chi connectivity index (χ3n) is 10.9. The summed E-state index contributed by atoms with van der Waals surface area (Å²) in [7, 11) is 0. The van der Waals surface area contributed by atoms with E-state index in [0.29, 0.717) is 30.1 Å². The first-order chi connectivity index (χ1) is 22.1. The summed E-state index contributed by atoms with van der Waals surface area (Å²) < 4.78 is 0. The van der Waals surface area contributed by atoms with Crippen molar-refractivity contribution in [1.29, 1.82) is 0 Å². The van der Waals surface area contributed by atoms with Crippen LogP contribution >= 0.6 is 0 Å². The van der Waals surface area contributed by atoms with E-state index in [-0.39, 0.29) is 0 Å². The molecule has 0 amide bonds. The number of hydrogen-bond donors (Lipinski definition) is 1. The van der Waals surface area contributed by atoms with E-state index in [1.165, 1.54) is 75.3 Å². The monoisotopic (exact) mass is 607 g/mol. The molecule has 3 aliphatic heterocycles. The van der Waals surface area contributed by atoms with Gasteiger partial charge in [0.2, 0.25) is 0 Å². The molecule has 0 spiro atoms. The van der Waals surface area contributed by atoms with Gasteiger partial charge in [-0.1, -0.05) is 105 Å². The third-order valence-corrected chi connectivity index (χ3v) is 10.9. The summed E-state index contributed by atoms with van der Waals surface area (Å²) in [5.74, 6) is 0.643. The Morgan fingerprint density at radius 3 is 1.98 bits per heavy atom. The van der Waals surface area contributed by atoms with Gasteiger partial charge in [-0.05, 0) is 61.3 Å². The second-order valence-electron chi connectivity index (χ2n) is 14.3. The number of piperazine rings is 2. The molecule has 1 unspecified atom stereocenters. The maximum atomic E-state index is 3.69. The van der Waals surface area contributed by atoms with Crippen LogP contribution in [0.4, 0.5) is 0 Å². The molecular weight excluding hydrogens is 550 g/mol. The maximum absolute atomic E-state index is 3.69. The number of hydrogen-bond acceptors (Lipinski definition) is 5. The van der Waals surface area contributed by atoms with Crippen LogP contribution in [0.25, 0.3) is 0 Å². The smallest absolute Gasteiger partial charge is 0.0264 e. The van der Waals surface area contributed by atoms with Crippen LogP contribution in [0.2, 0.25) is 0 Å². The predicted molar refractivity (Wildman–Crippen MR) is 189 cm³/mol. The highest BCUT2D eigenvalue weighted by atomic mass is 15.3. The number of likely N-dealkylation sites (tertiary alicyclic amines) is 1. The van der Waals surface area contributed by atoms with E-state index in [2.05, 4.69) is 130 Å². The first kappa shape index (κ1) is 32.4. The second-order valence-corrected chi connectivity index (χ2v) is 14.3. The van der Waals surface area contributed by atoms with Gasteiger partial charge >= 0.3 is 0 Å². The number of rotatable bonds is 13. The van der Waals surface area contributed by atoms with Crippen LogP contribution in [0.5, 0.6) is 0 Å². The van der Waals surface area contributed by atoms with Crippen LogP contribution in [0, 0.1) is 5.92 Å². The lowest BCUT2D eigenvalue weighted by Crippen LogP contribution is -2.60. The molecule has 45 heavy (non-hydrogen) atoms. The van der Waals surface area contributed by atoms with Crippen LogP contribution in [0.1, 0.15) is 43.4 Å². The quantitative estimate of drug-likeness (QED) is 0.278. The van der Waals surface area contributed by atoms with Gasteiger partial charge in [0.05, 0.1) is 0 Å². The van der Waals surface area contributed by atoms with E-state index in [0.717, 1.165) is 38.9 Å². The van der Waals surface area contributed by atoms with E-state index in [1.54, 1.807) is 0 Å². The van der Waals surface area contributed by atoms with Crippen molar-refractivity contribution in [2.24, 2.45) is 5.92 Å². The lowest BCUT2D eigenvalue weighted by atomic mass is 9.96. The molecule has 242 valence electrons. The van der Waals surface area contributed by atoms with Crippen molar-refractivity contribution >= 4 is 0 Å². The van der Waals surface area contributed by atoms with Crippen molar-refractivity contribution in [1.82, 2.24) is 24.9 Å². The van der Waals surface area contributed by atoms with Crippen molar-refractivity contribution < 1.29 is 0 Å². The Hall–Kier alpha value is -2.54. The molecule has 0 radical (unpaired) electrons. The minimum Gasteiger partial charge on any atom is -0.314 e. The third kappa shape index (κ3) is 9.05. The maximum Gasteiger partial charge on any atom is 0.0264 e. The van der Waals surface area contributed by atoms with E-state index in [1.807, 2.05) is 0 Å². The first-order valence-electron chi connectivity index (χ1n) is 17.9. The summed E-state index contributed by atoms with van der Waals surface area (Å²) in [5, 5.41) is 3.69. The van der Waals surface area contributed by atoms with Crippen molar-refractivity contribution in [3.63, 3.8) is 0 Å². The van der Waals surface area contributed by atoms with E-state index < -0.39 is 0 Å². The van der Waals surface area contributed by atoms with Gasteiger partial charge in [0, 0.05) is 83.1 Å². The summed E-state index contributed by atoms with van der Waals surface area (Å²) in [6.45, 7) is 16.7. The Morgan fingerprint density at radius 2 is 1.31 bits per heavy atom. The molecule has 3 aromatic carbocycles. The SMILES string of the molecule is CC(C)[C@@H](CN1CCCC1CN1CCNC[C@@H]1Cc1ccccc1)N1CCN(CCc2ccccc2)[C@@H](Cc2ccccc2)C1. The molecule has 1 N–H and O–H groups in total. The molecule has 0 bridgehead atoms. The van der Waals surface area contributed by atoms with Gasteiger partial charge in [-0.25, -0.2) is 0 Å². The van der Waals surface area contributed by atoms with Gasteiger partial charge < -0.3 is 5.32 Å². The Balaban J connectivity index is 1.10. The van der Waals surface area contributed by atoms with Gasteiger partial charge in [-0.2, -0.15) is 0 Å². The number of nitrogens with zero attached hydrogens (tertiary/aromatic N) is 4. The van der Waals surface area contributed by atoms with Gasteiger partial charge in [-0.15, -0.1) is 0 Å². The summed E-state index contributed by atoms with van der Waals surface area (Å²) in [5.41, 5.74) is 4.39. The summed E-state index contributed by atoms with van der Waals surface area (Å²) in [6, 6.07) is 35.8. The minimum atomic E-state index is 0.556. The standard InChI is InChI=1S/C40H57N5/c1-33(2)40(32-43-22-12-19-37(43)30-44-24-21-41-29-38(44)27-35-15-8-4-9-16-35)45-26-25-42(23-20-34-13-6-3-7-14-34)39(31-45)28-36-17-10-5-11-18-36/h3-11,13-18,33,37-41H,12,19-32H2,1-2H3/t37?,38-,39-,40+/m0/s1. The minimum absolute atomic E-state index is 0.556. The van der Waals surface area contributed by atoms with Crippen molar-refractivity contribution in [2.75, 3.05) is 65.4 Å². The molecule has 3 aromatic rings. The molecule has 0 aromatic heterocycles. The molecule has 4 atom stereocenters. The van der Waals surface area contributed by atoms with Gasteiger partial charge in [0.15, 0.2) is 0 Å². The van der Waals surface area contributed by atoms with E-state index in [4.69, 9.17) is 0 Å². The molecule has 3 fully saturated rings. The van der Waals surface area contributed by atoms with Crippen LogP contribution < -0.4 is 5.32 Å². The fourth-order valence-electron chi connectivity index (χ4n) is 8.24. The Labute approximate surface area is 273 Å². The first-order valence-corrected chi connectivity index (χ1v) is 17.9. The Kier molecular flexibility index (Phi) is 11.8. The zero-order valence-corrected chi connectivity index (χ0v) is 27.9. The predicted octanol–water partition coefficient (Wildman–Crippen LogP) is 5.46. The topological polar surface area (TPSA) is 25.0 Å². The molecule has 0 aliphatic carbocycles. The highest BCUT2D eigenvalue weighted by molar-refractivity contribution is 5.18. The van der Waals surface area contributed by atoms with Gasteiger partial charge in [0.25, 0.3) is 0 Å². The zero-order chi connectivity index (χ0) is 30.8. The molecule has 5 heteroatoms. The average Bonchev–Trinajstić information content (AvgIpc) is 3.51. The number of benzene rings is 3. The van der Waals surface area contributed by atoms with Crippen LogP contribution in [0.3, 0.4) is 0 Å². The van der Waals surface area contributed by atoms with Crippen LogP contribution in [0.15, 0.2) is 91.0 Å². The summed E-state index contributed by atoms with van der Waals surface area (Å²) in [6.07, 6.45) is 6.10. The Bertz CT molecular complexity index is 1250. The zero-order valence-electron chi connectivity index (χ0n) is 27.9. The molecular formula is C40H57N5. The molecule has 3 saturated heterocycles. The average molecular weight is 608 g/mol. The normalized spacial score (nSPS) is 24.7. The largest absolute Gasteiger partial charge is 0.314 e. The molecule has 3 heterocycles. The van der Waals surface area contributed by atoms with Gasteiger partial charge in [0.1, 0.15) is 0 Å². The lowest BCUT2D eigenvalue weighted by Gasteiger charge is -2.47. The molecule has 6 rings (SSSR count). The lowest BCUT2D eigenvalue weighted by molar-refractivity contribution is 0.0155. The highest BCUT2D eigenvalue weighted by Crippen LogP contribution is 2.26. The Morgan fingerprint density at radius 1 is 0.667 bits per heavy atom. The molecule has 3 aliphatic rings. The van der Waals surface area contributed by atoms with Crippen molar-refractivity contribution in [3.05, 3.63) is 108 Å². The fraction of sp³-hybridized carbons (Fsp3) is 0.550.